The molecule has 7 nitrogen and oxygen atoms in total. The summed E-state index contributed by atoms with van der Waals surface area (Å²) in [5, 5.41) is 0. The van der Waals surface area contributed by atoms with Crippen LogP contribution in [0.5, 0.6) is 28.7 Å². The maximum atomic E-state index is 13.4. The van der Waals surface area contributed by atoms with Crippen LogP contribution in [0.3, 0.4) is 0 Å². The summed E-state index contributed by atoms with van der Waals surface area (Å²) in [6.07, 6.45) is 1.80. The topological polar surface area (TPSA) is 66.5 Å². The highest BCUT2D eigenvalue weighted by molar-refractivity contribution is 5.96. The van der Waals surface area contributed by atoms with E-state index < -0.39 is 0 Å². The Morgan fingerprint density at radius 2 is 1.79 bits per heavy atom. The van der Waals surface area contributed by atoms with Gasteiger partial charge in [-0.3, -0.25) is 4.79 Å². The van der Waals surface area contributed by atoms with Gasteiger partial charge in [0.2, 0.25) is 5.75 Å². The molecule has 0 aromatic heterocycles. The predicted molar refractivity (Wildman–Crippen MR) is 107 cm³/mol. The Morgan fingerprint density at radius 1 is 1.00 bits per heavy atom. The summed E-state index contributed by atoms with van der Waals surface area (Å²) in [5.41, 5.74) is 1.49. The lowest BCUT2D eigenvalue weighted by Crippen LogP contribution is -2.31. The highest BCUT2D eigenvalue weighted by atomic mass is 16.6. The van der Waals surface area contributed by atoms with Crippen LogP contribution >= 0.6 is 0 Å². The summed E-state index contributed by atoms with van der Waals surface area (Å²) in [6, 6.07) is 9.10. The largest absolute Gasteiger partial charge is 0.497 e. The van der Waals surface area contributed by atoms with E-state index in [1.807, 2.05) is 23.1 Å². The van der Waals surface area contributed by atoms with Gasteiger partial charge >= 0.3 is 0 Å². The van der Waals surface area contributed by atoms with Crippen LogP contribution in [0.4, 0.5) is 0 Å². The van der Waals surface area contributed by atoms with Crippen molar-refractivity contribution in [1.82, 2.24) is 4.90 Å². The minimum absolute atomic E-state index is 0.0671. The van der Waals surface area contributed by atoms with E-state index in [2.05, 4.69) is 0 Å². The molecule has 154 valence electrons. The standard InChI is InChI=1S/C22H25NO6/c1-25-15-6-7-16(18(13-15)26-2)17-5-4-8-23(17)22(24)14-11-19(27-3)21-20(12-14)28-9-10-29-21/h6-7,11-13,17H,4-5,8-10H2,1-3H3/t17-/m0/s1. The number of carbonyl (C=O) groups excluding carboxylic acids is 1. The number of ether oxygens (including phenoxy) is 5. The number of amides is 1. The maximum absolute atomic E-state index is 13.4. The predicted octanol–water partition coefficient (Wildman–Crippen LogP) is 3.46. The molecule has 0 saturated carbocycles. The molecule has 0 radical (unpaired) electrons. The van der Waals surface area contributed by atoms with Crippen molar-refractivity contribution in [1.29, 1.82) is 0 Å². The van der Waals surface area contributed by atoms with Gasteiger partial charge in [0.05, 0.1) is 27.4 Å². The van der Waals surface area contributed by atoms with Crippen LogP contribution in [0.1, 0.15) is 34.8 Å². The van der Waals surface area contributed by atoms with Crippen molar-refractivity contribution in [3.8, 4) is 28.7 Å². The molecule has 0 bridgehead atoms. The first-order chi connectivity index (χ1) is 14.2. The number of rotatable bonds is 5. The first-order valence-electron chi connectivity index (χ1n) is 9.66. The molecule has 4 rings (SSSR count). The zero-order valence-corrected chi connectivity index (χ0v) is 16.9. The molecule has 2 aliphatic rings. The Hall–Kier alpha value is -3.09. The molecular formula is C22H25NO6. The average molecular weight is 399 g/mol. The number of methoxy groups -OCH3 is 3. The quantitative estimate of drug-likeness (QED) is 0.767. The monoisotopic (exact) mass is 399 g/mol. The summed E-state index contributed by atoms with van der Waals surface area (Å²) in [7, 11) is 4.81. The Morgan fingerprint density at radius 3 is 2.55 bits per heavy atom. The van der Waals surface area contributed by atoms with Crippen LogP contribution in [0.25, 0.3) is 0 Å². The molecule has 1 saturated heterocycles. The van der Waals surface area contributed by atoms with Gasteiger partial charge in [0.25, 0.3) is 5.91 Å². The Labute approximate surface area is 170 Å². The van der Waals surface area contributed by atoms with E-state index in [1.54, 1.807) is 33.5 Å². The fourth-order valence-electron chi connectivity index (χ4n) is 3.99. The molecule has 1 fully saturated rings. The zero-order valence-electron chi connectivity index (χ0n) is 16.9. The number of likely N-dealkylation sites (tertiary alicyclic amines) is 1. The summed E-state index contributed by atoms with van der Waals surface area (Å²) < 4.78 is 27.6. The van der Waals surface area contributed by atoms with Gasteiger partial charge in [0, 0.05) is 23.7 Å². The third kappa shape index (κ3) is 3.52. The Balaban J connectivity index is 1.67. The first kappa shape index (κ1) is 19.2. The average Bonchev–Trinajstić information content (AvgIpc) is 3.26. The molecule has 1 amide bonds. The Bertz CT molecular complexity index is 895. The van der Waals surface area contributed by atoms with E-state index >= 15 is 0 Å². The lowest BCUT2D eigenvalue weighted by Gasteiger charge is -2.27. The molecule has 2 aliphatic heterocycles. The molecule has 7 heteroatoms. The molecule has 2 heterocycles. The van der Waals surface area contributed by atoms with E-state index in [9.17, 15) is 4.79 Å². The van der Waals surface area contributed by atoms with Gasteiger partial charge in [0.1, 0.15) is 24.7 Å². The normalized spacial score (nSPS) is 17.8. The zero-order chi connectivity index (χ0) is 20.4. The lowest BCUT2D eigenvalue weighted by atomic mass is 10.0. The van der Waals surface area contributed by atoms with Crippen LogP contribution in [-0.4, -0.2) is 51.9 Å². The Kier molecular flexibility index (Phi) is 5.38. The van der Waals surface area contributed by atoms with Crippen LogP contribution in [0, 0.1) is 0 Å². The molecule has 0 aliphatic carbocycles. The lowest BCUT2D eigenvalue weighted by molar-refractivity contribution is 0.0732. The van der Waals surface area contributed by atoms with Crippen molar-refractivity contribution < 1.29 is 28.5 Å². The van der Waals surface area contributed by atoms with Gasteiger partial charge in [-0.2, -0.15) is 0 Å². The minimum atomic E-state index is -0.0688. The molecule has 1 atom stereocenters. The van der Waals surface area contributed by atoms with Crippen LogP contribution in [0.2, 0.25) is 0 Å². The second-order valence-electron chi connectivity index (χ2n) is 6.97. The summed E-state index contributed by atoms with van der Waals surface area (Å²) >= 11 is 0. The number of benzene rings is 2. The highest BCUT2D eigenvalue weighted by Crippen LogP contribution is 2.43. The first-order valence-corrected chi connectivity index (χ1v) is 9.66. The second kappa shape index (κ2) is 8.11. The number of hydrogen-bond donors (Lipinski definition) is 0. The molecule has 0 N–H and O–H groups in total. The van der Waals surface area contributed by atoms with Crippen molar-refractivity contribution >= 4 is 5.91 Å². The van der Waals surface area contributed by atoms with Crippen molar-refractivity contribution in [2.45, 2.75) is 18.9 Å². The van der Waals surface area contributed by atoms with Crippen LogP contribution in [-0.2, 0) is 0 Å². The fraction of sp³-hybridized carbons (Fsp3) is 0.409. The maximum Gasteiger partial charge on any atom is 0.254 e. The third-order valence-corrected chi connectivity index (χ3v) is 5.39. The van der Waals surface area contributed by atoms with Gasteiger partial charge in [-0.25, -0.2) is 0 Å². The third-order valence-electron chi connectivity index (χ3n) is 5.39. The molecular weight excluding hydrogens is 374 g/mol. The van der Waals surface area contributed by atoms with Gasteiger partial charge in [-0.15, -0.1) is 0 Å². The van der Waals surface area contributed by atoms with Crippen molar-refractivity contribution in [2.24, 2.45) is 0 Å². The van der Waals surface area contributed by atoms with E-state index in [-0.39, 0.29) is 11.9 Å². The van der Waals surface area contributed by atoms with Gasteiger partial charge in [-0.1, -0.05) is 0 Å². The van der Waals surface area contributed by atoms with Crippen LogP contribution in [0.15, 0.2) is 30.3 Å². The molecule has 0 unspecified atom stereocenters. The fourth-order valence-corrected chi connectivity index (χ4v) is 3.99. The summed E-state index contributed by atoms with van der Waals surface area (Å²) in [4.78, 5) is 15.3. The SMILES string of the molecule is COc1ccc([C@@H]2CCCN2C(=O)c2cc(OC)c3c(c2)OCCO3)c(OC)c1. The smallest absolute Gasteiger partial charge is 0.254 e. The minimum Gasteiger partial charge on any atom is -0.497 e. The number of nitrogens with zero attached hydrogens (tertiary/aromatic N) is 1. The second-order valence-corrected chi connectivity index (χ2v) is 6.97. The van der Waals surface area contributed by atoms with Crippen molar-refractivity contribution in [2.75, 3.05) is 41.1 Å². The molecule has 0 spiro atoms. The number of hydrogen-bond acceptors (Lipinski definition) is 6. The van der Waals surface area contributed by atoms with Crippen molar-refractivity contribution in [3.63, 3.8) is 0 Å². The highest BCUT2D eigenvalue weighted by Gasteiger charge is 2.33. The molecule has 29 heavy (non-hydrogen) atoms. The summed E-state index contributed by atoms with van der Waals surface area (Å²) in [5.74, 6) is 2.96. The van der Waals surface area contributed by atoms with Gasteiger partial charge in [-0.05, 0) is 37.1 Å². The summed E-state index contributed by atoms with van der Waals surface area (Å²) in [6.45, 7) is 1.58. The van der Waals surface area contributed by atoms with E-state index in [1.165, 1.54) is 0 Å². The molecule has 2 aromatic carbocycles. The van der Waals surface area contributed by atoms with E-state index in [4.69, 9.17) is 23.7 Å². The van der Waals surface area contributed by atoms with Crippen molar-refractivity contribution in [3.05, 3.63) is 41.5 Å². The van der Waals surface area contributed by atoms with Gasteiger partial charge in [0.15, 0.2) is 11.5 Å². The van der Waals surface area contributed by atoms with E-state index in [0.29, 0.717) is 48.3 Å². The van der Waals surface area contributed by atoms with Gasteiger partial charge < -0.3 is 28.6 Å². The van der Waals surface area contributed by atoms with E-state index in [0.717, 1.165) is 24.2 Å². The van der Waals surface area contributed by atoms with Crippen LogP contribution < -0.4 is 23.7 Å². The number of carbonyl (C=O) groups is 1. The number of fused-ring (bicyclic) bond motifs is 1. The molecule has 2 aromatic rings.